The van der Waals surface area contributed by atoms with E-state index in [1.54, 1.807) is 17.8 Å². The number of rotatable bonds is 6. The number of benzene rings is 1. The van der Waals surface area contributed by atoms with Crippen molar-refractivity contribution in [2.75, 3.05) is 18.1 Å². The lowest BCUT2D eigenvalue weighted by Crippen LogP contribution is -1.90. The van der Waals surface area contributed by atoms with Crippen LogP contribution in [0.5, 0.6) is 0 Å². The molecule has 0 bridgehead atoms. The van der Waals surface area contributed by atoms with Crippen molar-refractivity contribution in [3.8, 4) is 0 Å². The molecule has 2 nitrogen and oxygen atoms in total. The molecule has 0 saturated carbocycles. The highest BCUT2D eigenvalue weighted by atomic mass is 32.2. The van der Waals surface area contributed by atoms with Crippen LogP contribution in [-0.2, 0) is 0 Å². The van der Waals surface area contributed by atoms with Crippen LogP contribution in [0.3, 0.4) is 0 Å². The Bertz CT molecular complexity index is 307. The molecular formula is C11H16FNOS. The van der Waals surface area contributed by atoms with Crippen LogP contribution in [0.1, 0.15) is 19.3 Å². The monoisotopic (exact) mass is 229 g/mol. The minimum Gasteiger partial charge on any atom is -0.396 e. The predicted octanol–water partition coefficient (Wildman–Crippen LogP) is 2.66. The fourth-order valence-corrected chi connectivity index (χ4v) is 2.11. The van der Waals surface area contributed by atoms with E-state index in [9.17, 15) is 4.39 Å². The summed E-state index contributed by atoms with van der Waals surface area (Å²) in [6, 6.07) is 4.88. The van der Waals surface area contributed by atoms with Gasteiger partial charge in [-0.1, -0.05) is 6.42 Å². The van der Waals surface area contributed by atoms with Gasteiger partial charge in [0.2, 0.25) is 0 Å². The number of nitrogens with two attached hydrogens (primary N) is 1. The van der Waals surface area contributed by atoms with Gasteiger partial charge in [-0.3, -0.25) is 0 Å². The second-order valence-electron chi connectivity index (χ2n) is 3.32. The van der Waals surface area contributed by atoms with E-state index in [1.807, 2.05) is 6.07 Å². The third-order valence-electron chi connectivity index (χ3n) is 2.04. The van der Waals surface area contributed by atoms with Crippen LogP contribution >= 0.6 is 11.8 Å². The van der Waals surface area contributed by atoms with Gasteiger partial charge in [0.05, 0.1) is 5.69 Å². The second kappa shape index (κ2) is 6.69. The molecule has 3 N–H and O–H groups in total. The number of halogens is 1. The van der Waals surface area contributed by atoms with E-state index in [-0.39, 0.29) is 18.1 Å². The maximum atomic E-state index is 13.0. The Kier molecular flexibility index (Phi) is 5.50. The van der Waals surface area contributed by atoms with Crippen LogP contribution in [0.15, 0.2) is 23.1 Å². The fraction of sp³-hybridized carbons (Fsp3) is 0.455. The normalized spacial score (nSPS) is 10.5. The summed E-state index contributed by atoms with van der Waals surface area (Å²) in [6.07, 6.45) is 2.90. The first-order chi connectivity index (χ1) is 7.24. The molecular weight excluding hydrogens is 213 g/mol. The Morgan fingerprint density at radius 3 is 2.73 bits per heavy atom. The zero-order chi connectivity index (χ0) is 11.1. The molecule has 0 aliphatic carbocycles. The quantitative estimate of drug-likeness (QED) is 0.448. The standard InChI is InChI=1S/C11H16FNOS/c12-10-8-9(4-5-11(10)13)15-7-3-1-2-6-14/h4-5,8,14H,1-3,6-7,13H2. The van der Waals surface area contributed by atoms with Crippen LogP contribution in [-0.4, -0.2) is 17.5 Å². The van der Waals surface area contributed by atoms with Crippen LogP contribution < -0.4 is 5.73 Å². The Balaban J connectivity index is 2.28. The Hall–Kier alpha value is -0.740. The average molecular weight is 229 g/mol. The van der Waals surface area contributed by atoms with Crippen LogP contribution in [0.25, 0.3) is 0 Å². The maximum Gasteiger partial charge on any atom is 0.147 e. The molecule has 0 aromatic heterocycles. The highest BCUT2D eigenvalue weighted by molar-refractivity contribution is 7.99. The number of anilines is 1. The Labute approximate surface area is 93.7 Å². The first-order valence-corrected chi connectivity index (χ1v) is 6.01. The van der Waals surface area contributed by atoms with E-state index < -0.39 is 0 Å². The Morgan fingerprint density at radius 2 is 2.07 bits per heavy atom. The molecule has 0 saturated heterocycles. The lowest BCUT2D eigenvalue weighted by Gasteiger charge is -2.02. The average Bonchev–Trinajstić information content (AvgIpc) is 2.23. The summed E-state index contributed by atoms with van der Waals surface area (Å²) in [7, 11) is 0. The Morgan fingerprint density at radius 1 is 1.27 bits per heavy atom. The molecule has 1 rings (SSSR count). The molecule has 1 aromatic rings. The highest BCUT2D eigenvalue weighted by Crippen LogP contribution is 2.22. The number of unbranched alkanes of at least 4 members (excludes halogenated alkanes) is 2. The van der Waals surface area contributed by atoms with Gasteiger partial charge in [-0.05, 0) is 36.8 Å². The third kappa shape index (κ3) is 4.53. The van der Waals surface area contributed by atoms with Crippen molar-refractivity contribution in [1.29, 1.82) is 0 Å². The van der Waals surface area contributed by atoms with Crippen molar-refractivity contribution in [1.82, 2.24) is 0 Å². The van der Waals surface area contributed by atoms with Crippen LogP contribution in [0, 0.1) is 5.82 Å². The number of nitrogen functional groups attached to an aromatic ring is 1. The summed E-state index contributed by atoms with van der Waals surface area (Å²) in [4.78, 5) is 0.908. The maximum absolute atomic E-state index is 13.0. The van der Waals surface area contributed by atoms with Gasteiger partial charge in [-0.2, -0.15) is 0 Å². The molecule has 0 unspecified atom stereocenters. The lowest BCUT2D eigenvalue weighted by atomic mass is 10.3. The molecule has 0 aliphatic rings. The molecule has 15 heavy (non-hydrogen) atoms. The topological polar surface area (TPSA) is 46.2 Å². The van der Waals surface area contributed by atoms with Gasteiger partial charge >= 0.3 is 0 Å². The van der Waals surface area contributed by atoms with Crippen molar-refractivity contribution in [3.05, 3.63) is 24.0 Å². The molecule has 4 heteroatoms. The molecule has 0 spiro atoms. The van der Waals surface area contributed by atoms with E-state index in [4.69, 9.17) is 10.8 Å². The summed E-state index contributed by atoms with van der Waals surface area (Å²) in [5.41, 5.74) is 5.57. The van der Waals surface area contributed by atoms with Gasteiger partial charge < -0.3 is 10.8 Å². The van der Waals surface area contributed by atoms with Crippen molar-refractivity contribution in [3.63, 3.8) is 0 Å². The van der Waals surface area contributed by atoms with Gasteiger partial charge in [0.1, 0.15) is 5.82 Å². The number of aliphatic hydroxyl groups excluding tert-OH is 1. The van der Waals surface area contributed by atoms with Crippen molar-refractivity contribution in [2.45, 2.75) is 24.2 Å². The smallest absolute Gasteiger partial charge is 0.147 e. The summed E-state index contributed by atoms with van der Waals surface area (Å²) < 4.78 is 13.0. The summed E-state index contributed by atoms with van der Waals surface area (Å²) in [5.74, 6) is 0.596. The van der Waals surface area contributed by atoms with Gasteiger partial charge in [-0.25, -0.2) is 4.39 Å². The number of thioether (sulfide) groups is 1. The number of hydrogen-bond acceptors (Lipinski definition) is 3. The summed E-state index contributed by atoms with van der Waals surface area (Å²) in [6.45, 7) is 0.251. The predicted molar refractivity (Wildman–Crippen MR) is 62.5 cm³/mol. The van der Waals surface area contributed by atoms with Gasteiger partial charge in [0.15, 0.2) is 0 Å². The van der Waals surface area contributed by atoms with Crippen molar-refractivity contribution < 1.29 is 9.50 Å². The minimum absolute atomic E-state index is 0.194. The largest absolute Gasteiger partial charge is 0.396 e. The van der Waals surface area contributed by atoms with E-state index >= 15 is 0 Å². The van der Waals surface area contributed by atoms with E-state index in [1.165, 1.54) is 6.07 Å². The van der Waals surface area contributed by atoms with Crippen LogP contribution in [0.2, 0.25) is 0 Å². The SMILES string of the molecule is Nc1ccc(SCCCCCO)cc1F. The highest BCUT2D eigenvalue weighted by Gasteiger charge is 2.00. The van der Waals surface area contributed by atoms with E-state index in [2.05, 4.69) is 0 Å². The summed E-state index contributed by atoms with van der Waals surface area (Å²) in [5, 5.41) is 8.58. The first-order valence-electron chi connectivity index (χ1n) is 5.02. The summed E-state index contributed by atoms with van der Waals surface area (Å²) >= 11 is 1.62. The van der Waals surface area contributed by atoms with Gasteiger partial charge in [-0.15, -0.1) is 11.8 Å². The van der Waals surface area contributed by atoms with Crippen LogP contribution in [0.4, 0.5) is 10.1 Å². The molecule has 84 valence electrons. The number of aliphatic hydroxyl groups is 1. The molecule has 0 aliphatic heterocycles. The molecule has 0 radical (unpaired) electrons. The number of hydrogen-bond donors (Lipinski definition) is 2. The fourth-order valence-electron chi connectivity index (χ4n) is 1.18. The molecule has 0 heterocycles. The molecule has 0 amide bonds. The zero-order valence-electron chi connectivity index (χ0n) is 8.58. The first kappa shape index (κ1) is 12.3. The zero-order valence-corrected chi connectivity index (χ0v) is 9.39. The molecule has 1 aromatic carbocycles. The van der Waals surface area contributed by atoms with E-state index in [0.29, 0.717) is 0 Å². The molecule has 0 atom stereocenters. The second-order valence-corrected chi connectivity index (χ2v) is 4.48. The third-order valence-corrected chi connectivity index (χ3v) is 3.12. The lowest BCUT2D eigenvalue weighted by molar-refractivity contribution is 0.284. The minimum atomic E-state index is -0.352. The van der Waals surface area contributed by atoms with Crippen molar-refractivity contribution >= 4 is 17.4 Å². The van der Waals surface area contributed by atoms with Gasteiger partial charge in [0.25, 0.3) is 0 Å². The molecule has 0 fully saturated rings. The van der Waals surface area contributed by atoms with E-state index in [0.717, 1.165) is 29.9 Å². The van der Waals surface area contributed by atoms with Crippen molar-refractivity contribution in [2.24, 2.45) is 0 Å². The van der Waals surface area contributed by atoms with Gasteiger partial charge in [0, 0.05) is 11.5 Å².